The summed E-state index contributed by atoms with van der Waals surface area (Å²) in [5.74, 6) is 0.854. The largest absolute Gasteiger partial charge is 0.497 e. The summed E-state index contributed by atoms with van der Waals surface area (Å²) in [5, 5.41) is 2.02. The van der Waals surface area contributed by atoms with Crippen LogP contribution in [0.3, 0.4) is 0 Å². The Morgan fingerprint density at radius 2 is 1.81 bits per heavy atom. The van der Waals surface area contributed by atoms with Crippen LogP contribution in [-0.4, -0.2) is 31.4 Å². The van der Waals surface area contributed by atoms with Crippen molar-refractivity contribution in [2.75, 3.05) is 20.8 Å². The molecule has 0 radical (unpaired) electrons. The second-order valence-electron chi connectivity index (χ2n) is 8.48. The van der Waals surface area contributed by atoms with Crippen LogP contribution in [0.4, 0.5) is 0 Å². The Morgan fingerprint density at radius 3 is 2.51 bits per heavy atom. The van der Waals surface area contributed by atoms with Gasteiger partial charge >= 0.3 is 5.97 Å². The highest BCUT2D eigenvalue weighted by molar-refractivity contribution is 7.07. The van der Waals surface area contributed by atoms with Crippen LogP contribution in [0.1, 0.15) is 31.0 Å². The Kier molecular flexibility index (Phi) is 6.67. The Balaban J connectivity index is 1.77. The molecule has 4 aromatic rings. The fourth-order valence-electron chi connectivity index (χ4n) is 4.63. The van der Waals surface area contributed by atoms with Crippen molar-refractivity contribution in [3.05, 3.63) is 103 Å². The zero-order chi connectivity index (χ0) is 26.1. The van der Waals surface area contributed by atoms with Crippen molar-refractivity contribution < 1.29 is 19.0 Å². The molecule has 0 amide bonds. The van der Waals surface area contributed by atoms with Crippen LogP contribution in [0.15, 0.2) is 81.7 Å². The van der Waals surface area contributed by atoms with Crippen LogP contribution >= 0.6 is 11.3 Å². The van der Waals surface area contributed by atoms with Crippen LogP contribution in [-0.2, 0) is 9.53 Å². The van der Waals surface area contributed by atoms with Crippen molar-refractivity contribution in [1.82, 2.24) is 4.57 Å². The summed E-state index contributed by atoms with van der Waals surface area (Å²) in [6, 6.07) is 18.5. The smallest absolute Gasteiger partial charge is 0.338 e. The summed E-state index contributed by atoms with van der Waals surface area (Å²) < 4.78 is 18.4. The van der Waals surface area contributed by atoms with E-state index in [1.54, 1.807) is 32.6 Å². The molecule has 0 saturated heterocycles. The van der Waals surface area contributed by atoms with Gasteiger partial charge in [-0.05, 0) is 54.5 Å². The second-order valence-corrected chi connectivity index (χ2v) is 9.49. The van der Waals surface area contributed by atoms with Gasteiger partial charge in [-0.25, -0.2) is 9.79 Å². The highest BCUT2D eigenvalue weighted by atomic mass is 32.1. The first-order valence-electron chi connectivity index (χ1n) is 11.9. The first kappa shape index (κ1) is 24.5. The predicted octanol–water partition coefficient (Wildman–Crippen LogP) is 3.97. The minimum absolute atomic E-state index is 0.218. The molecule has 3 aromatic carbocycles. The molecule has 5 rings (SSSR count). The number of carbonyl (C=O) groups is 1. The Morgan fingerprint density at radius 1 is 1.05 bits per heavy atom. The summed E-state index contributed by atoms with van der Waals surface area (Å²) >= 11 is 1.28. The van der Waals surface area contributed by atoms with Crippen molar-refractivity contribution in [2.24, 2.45) is 4.99 Å². The summed E-state index contributed by atoms with van der Waals surface area (Å²) in [6.07, 6.45) is 1.85. The van der Waals surface area contributed by atoms with Crippen LogP contribution in [0.5, 0.6) is 11.5 Å². The average molecular weight is 515 g/mol. The number of thiazole rings is 1. The number of hydrogen-bond donors (Lipinski definition) is 0. The number of nitrogens with zero attached hydrogens (tertiary/aromatic N) is 2. The lowest BCUT2D eigenvalue weighted by Crippen LogP contribution is -2.39. The molecule has 0 spiro atoms. The van der Waals surface area contributed by atoms with Gasteiger partial charge in [-0.3, -0.25) is 9.36 Å². The number of methoxy groups -OCH3 is 2. The summed E-state index contributed by atoms with van der Waals surface area (Å²) in [7, 11) is 3.20. The molecule has 0 saturated carbocycles. The van der Waals surface area contributed by atoms with E-state index in [0.717, 1.165) is 21.9 Å². The number of allylic oxidation sites excluding steroid dienone is 1. The van der Waals surface area contributed by atoms with E-state index in [1.165, 1.54) is 11.3 Å². The molecule has 8 heteroatoms. The number of aromatic nitrogens is 1. The molecule has 1 unspecified atom stereocenters. The van der Waals surface area contributed by atoms with Gasteiger partial charge in [-0.2, -0.15) is 0 Å². The van der Waals surface area contributed by atoms with E-state index in [-0.39, 0.29) is 12.2 Å². The monoisotopic (exact) mass is 514 g/mol. The number of fused-ring (bicyclic) bond motifs is 2. The molecule has 1 aromatic heterocycles. The molecule has 1 aliphatic rings. The number of ether oxygens (including phenoxy) is 3. The van der Waals surface area contributed by atoms with Gasteiger partial charge in [0.05, 0.1) is 42.7 Å². The highest BCUT2D eigenvalue weighted by Crippen LogP contribution is 2.32. The van der Waals surface area contributed by atoms with Gasteiger partial charge in [0.15, 0.2) is 4.80 Å². The molecule has 0 aliphatic carbocycles. The third kappa shape index (κ3) is 4.34. The normalized spacial score (nSPS) is 15.4. The van der Waals surface area contributed by atoms with Crippen LogP contribution in [0.2, 0.25) is 0 Å². The zero-order valence-electron chi connectivity index (χ0n) is 21.0. The molecule has 1 atom stereocenters. The van der Waals surface area contributed by atoms with Gasteiger partial charge in [-0.1, -0.05) is 53.8 Å². The van der Waals surface area contributed by atoms with E-state index < -0.39 is 12.0 Å². The Hall–Kier alpha value is -4.17. The molecule has 0 N–H and O–H groups in total. The summed E-state index contributed by atoms with van der Waals surface area (Å²) in [5.41, 5.74) is 2.19. The Labute approximate surface area is 217 Å². The SMILES string of the molecule is CCOC(=O)C1=C(C)N=c2s/c(=C/c3c(OC)ccc4ccccc34)c(=O)n2C1c1ccc(OC)cc1. The lowest BCUT2D eigenvalue weighted by Gasteiger charge is -2.24. The first-order chi connectivity index (χ1) is 18.0. The standard InChI is InChI=1S/C29H26N2O5S/c1-5-36-28(33)25-17(2)30-29-31(26(25)19-10-13-20(34-3)14-11-19)27(32)24(37-29)16-22-21-9-7-6-8-18(21)12-15-23(22)35-4/h6-16,26H,5H2,1-4H3/b24-16+. The van der Waals surface area contributed by atoms with E-state index >= 15 is 0 Å². The Bertz CT molecular complexity index is 1710. The highest BCUT2D eigenvalue weighted by Gasteiger charge is 2.33. The third-order valence-electron chi connectivity index (χ3n) is 6.37. The van der Waals surface area contributed by atoms with Crippen molar-refractivity contribution in [1.29, 1.82) is 0 Å². The maximum atomic E-state index is 13.9. The van der Waals surface area contributed by atoms with E-state index in [0.29, 0.717) is 32.1 Å². The van der Waals surface area contributed by atoms with Gasteiger partial charge in [-0.15, -0.1) is 0 Å². The molecule has 0 fully saturated rings. The molecule has 1 aliphatic heterocycles. The van der Waals surface area contributed by atoms with Crippen molar-refractivity contribution in [2.45, 2.75) is 19.9 Å². The van der Waals surface area contributed by atoms with E-state index in [9.17, 15) is 9.59 Å². The molecule has 188 valence electrons. The fraction of sp³-hybridized carbons (Fsp3) is 0.207. The second kappa shape index (κ2) is 10.1. The van der Waals surface area contributed by atoms with Gasteiger partial charge < -0.3 is 14.2 Å². The zero-order valence-corrected chi connectivity index (χ0v) is 21.8. The van der Waals surface area contributed by atoms with Gasteiger partial charge in [0.25, 0.3) is 5.56 Å². The number of esters is 1. The first-order valence-corrected chi connectivity index (χ1v) is 12.7. The number of benzene rings is 3. The van der Waals surface area contributed by atoms with Crippen molar-refractivity contribution >= 4 is 34.2 Å². The third-order valence-corrected chi connectivity index (χ3v) is 7.36. The van der Waals surface area contributed by atoms with Gasteiger partial charge in [0.2, 0.25) is 0 Å². The average Bonchev–Trinajstić information content (AvgIpc) is 3.22. The molecular weight excluding hydrogens is 488 g/mol. The molecule has 2 heterocycles. The molecular formula is C29H26N2O5S. The fourth-order valence-corrected chi connectivity index (χ4v) is 5.66. The number of hydrogen-bond acceptors (Lipinski definition) is 7. The van der Waals surface area contributed by atoms with Gasteiger partial charge in [0.1, 0.15) is 11.5 Å². The molecule has 7 nitrogen and oxygen atoms in total. The van der Waals surface area contributed by atoms with Crippen LogP contribution in [0.25, 0.3) is 16.8 Å². The maximum absolute atomic E-state index is 13.9. The number of carbonyl (C=O) groups excluding carboxylic acids is 1. The quantitative estimate of drug-likeness (QED) is 0.364. The van der Waals surface area contributed by atoms with Crippen LogP contribution in [0, 0.1) is 0 Å². The van der Waals surface area contributed by atoms with E-state index in [2.05, 4.69) is 4.99 Å². The van der Waals surface area contributed by atoms with Crippen molar-refractivity contribution in [3.8, 4) is 11.5 Å². The van der Waals surface area contributed by atoms with E-state index in [4.69, 9.17) is 14.2 Å². The lowest BCUT2D eigenvalue weighted by molar-refractivity contribution is -0.139. The minimum atomic E-state index is -0.683. The molecule has 37 heavy (non-hydrogen) atoms. The number of rotatable bonds is 6. The lowest BCUT2D eigenvalue weighted by atomic mass is 9.96. The summed E-state index contributed by atoms with van der Waals surface area (Å²) in [4.78, 5) is 32.2. The topological polar surface area (TPSA) is 79.1 Å². The minimum Gasteiger partial charge on any atom is -0.497 e. The van der Waals surface area contributed by atoms with Gasteiger partial charge in [0, 0.05) is 5.56 Å². The van der Waals surface area contributed by atoms with Crippen LogP contribution < -0.4 is 24.4 Å². The summed E-state index contributed by atoms with van der Waals surface area (Å²) in [6.45, 7) is 3.74. The predicted molar refractivity (Wildman–Crippen MR) is 144 cm³/mol. The molecule has 0 bridgehead atoms. The van der Waals surface area contributed by atoms with E-state index in [1.807, 2.05) is 66.7 Å². The van der Waals surface area contributed by atoms with Crippen molar-refractivity contribution in [3.63, 3.8) is 0 Å². The maximum Gasteiger partial charge on any atom is 0.338 e.